The molecule has 0 radical (unpaired) electrons. The van der Waals surface area contributed by atoms with E-state index in [1.54, 1.807) is 11.1 Å². The summed E-state index contributed by atoms with van der Waals surface area (Å²) in [7, 11) is 0. The van der Waals surface area contributed by atoms with E-state index in [-0.39, 0.29) is 12.0 Å². The topological polar surface area (TPSA) is 65.5 Å². The molecular weight excluding hydrogens is 226 g/mol. The number of aliphatic hydroxyl groups is 1. The van der Waals surface area contributed by atoms with Crippen LogP contribution in [0.15, 0.2) is 6.20 Å². The molecule has 2 rings (SSSR count). The second-order valence-corrected chi connectivity index (χ2v) is 4.78. The van der Waals surface area contributed by atoms with Crippen molar-refractivity contribution in [3.8, 4) is 0 Å². The van der Waals surface area contributed by atoms with Crippen molar-refractivity contribution in [2.24, 2.45) is 0 Å². The van der Waals surface area contributed by atoms with Crippen LogP contribution in [0.5, 0.6) is 0 Å². The first kappa shape index (κ1) is 11.3. The third-order valence-corrected chi connectivity index (χ3v) is 3.44. The largest absolute Gasteiger partial charge is 0.391 e. The number of β-amino-alcohol motifs (C(OH)–C–C–N with tert-alkyl or cyclic N) is 1. The first-order valence-corrected chi connectivity index (χ1v) is 6.19. The summed E-state index contributed by atoms with van der Waals surface area (Å²) >= 11 is 1.36. The zero-order valence-electron chi connectivity index (χ0n) is 9.14. The molecule has 1 saturated heterocycles. The Morgan fingerprint density at radius 3 is 3.25 bits per heavy atom. The first-order valence-electron chi connectivity index (χ1n) is 5.37. The third-order valence-electron chi connectivity index (χ3n) is 2.50. The number of hydrogen-bond acceptors (Lipinski definition) is 5. The second-order valence-electron chi connectivity index (χ2n) is 3.75. The molecule has 0 saturated carbocycles. The van der Waals surface area contributed by atoms with E-state index in [1.165, 1.54) is 11.3 Å². The molecule has 0 aliphatic carbocycles. The Morgan fingerprint density at radius 1 is 1.81 bits per heavy atom. The molecule has 1 aromatic rings. The van der Waals surface area contributed by atoms with Crippen LogP contribution in [0, 0.1) is 0 Å². The number of hydrogen-bond donors (Lipinski definition) is 2. The maximum absolute atomic E-state index is 12.0. The van der Waals surface area contributed by atoms with Gasteiger partial charge in [-0.25, -0.2) is 4.98 Å². The summed E-state index contributed by atoms with van der Waals surface area (Å²) in [6.45, 7) is 3.85. The SMILES string of the molecule is CCNc1ncc(C(=O)N2CC[C@@H](O)C2)s1. The Hall–Kier alpha value is -1.14. The van der Waals surface area contributed by atoms with Crippen LogP contribution in [-0.2, 0) is 0 Å². The highest BCUT2D eigenvalue weighted by Gasteiger charge is 2.26. The van der Waals surface area contributed by atoms with Crippen molar-refractivity contribution in [2.45, 2.75) is 19.4 Å². The summed E-state index contributed by atoms with van der Waals surface area (Å²) < 4.78 is 0. The summed E-state index contributed by atoms with van der Waals surface area (Å²) in [5, 5.41) is 13.2. The Balaban J connectivity index is 2.03. The number of carbonyl (C=O) groups is 1. The second kappa shape index (κ2) is 4.80. The minimum Gasteiger partial charge on any atom is -0.391 e. The van der Waals surface area contributed by atoms with Crippen LogP contribution >= 0.6 is 11.3 Å². The van der Waals surface area contributed by atoms with E-state index in [1.807, 2.05) is 6.92 Å². The van der Waals surface area contributed by atoms with E-state index in [4.69, 9.17) is 0 Å². The van der Waals surface area contributed by atoms with Gasteiger partial charge < -0.3 is 15.3 Å². The summed E-state index contributed by atoms with van der Waals surface area (Å²) in [6.07, 6.45) is 1.89. The van der Waals surface area contributed by atoms with Crippen LogP contribution in [0.25, 0.3) is 0 Å². The van der Waals surface area contributed by atoms with Crippen molar-refractivity contribution in [1.29, 1.82) is 0 Å². The van der Waals surface area contributed by atoms with E-state index in [0.29, 0.717) is 24.4 Å². The van der Waals surface area contributed by atoms with E-state index in [2.05, 4.69) is 10.3 Å². The lowest BCUT2D eigenvalue weighted by atomic mass is 10.3. The van der Waals surface area contributed by atoms with Crippen LogP contribution in [0.3, 0.4) is 0 Å². The molecule has 1 amide bonds. The summed E-state index contributed by atoms with van der Waals surface area (Å²) in [6, 6.07) is 0. The third kappa shape index (κ3) is 2.33. The average Bonchev–Trinajstić information content (AvgIpc) is 2.87. The molecule has 16 heavy (non-hydrogen) atoms. The Morgan fingerprint density at radius 2 is 2.62 bits per heavy atom. The van der Waals surface area contributed by atoms with Gasteiger partial charge in [-0.3, -0.25) is 4.79 Å². The number of aliphatic hydroxyl groups excluding tert-OH is 1. The molecule has 1 atom stereocenters. The van der Waals surface area contributed by atoms with Gasteiger partial charge in [-0.05, 0) is 13.3 Å². The summed E-state index contributed by atoms with van der Waals surface area (Å²) in [4.78, 5) is 18.4. The number of carbonyl (C=O) groups excluding carboxylic acids is 1. The molecule has 5 nitrogen and oxygen atoms in total. The minimum absolute atomic E-state index is 0.0294. The molecule has 1 aromatic heterocycles. The average molecular weight is 241 g/mol. The Bertz CT molecular complexity index is 380. The molecule has 0 aromatic carbocycles. The van der Waals surface area contributed by atoms with Crippen molar-refractivity contribution in [3.05, 3.63) is 11.1 Å². The van der Waals surface area contributed by atoms with Crippen LogP contribution in [0.1, 0.15) is 23.0 Å². The number of likely N-dealkylation sites (tertiary alicyclic amines) is 1. The van der Waals surface area contributed by atoms with E-state index < -0.39 is 0 Å². The molecule has 6 heteroatoms. The van der Waals surface area contributed by atoms with Crippen molar-refractivity contribution < 1.29 is 9.90 Å². The van der Waals surface area contributed by atoms with Gasteiger partial charge in [0, 0.05) is 19.6 Å². The fourth-order valence-corrected chi connectivity index (χ4v) is 2.54. The highest BCUT2D eigenvalue weighted by molar-refractivity contribution is 7.17. The molecular formula is C10H15N3O2S. The van der Waals surface area contributed by atoms with Crippen molar-refractivity contribution >= 4 is 22.4 Å². The normalized spacial score (nSPS) is 20.1. The van der Waals surface area contributed by atoms with E-state index >= 15 is 0 Å². The molecule has 0 bridgehead atoms. The lowest BCUT2D eigenvalue weighted by molar-refractivity contribution is 0.0769. The number of aromatic nitrogens is 1. The standard InChI is InChI=1S/C10H15N3O2S/c1-2-11-10-12-5-8(16-10)9(15)13-4-3-7(14)6-13/h5,7,14H,2-4,6H2,1H3,(H,11,12)/t7-/m1/s1. The van der Waals surface area contributed by atoms with Gasteiger partial charge in [-0.15, -0.1) is 0 Å². The van der Waals surface area contributed by atoms with Crippen molar-refractivity contribution in [1.82, 2.24) is 9.88 Å². The molecule has 2 N–H and O–H groups in total. The van der Waals surface area contributed by atoms with E-state index in [0.717, 1.165) is 11.7 Å². The van der Waals surface area contributed by atoms with Gasteiger partial charge in [0.05, 0.1) is 12.3 Å². The van der Waals surface area contributed by atoms with Gasteiger partial charge >= 0.3 is 0 Å². The number of anilines is 1. The quantitative estimate of drug-likeness (QED) is 0.821. The predicted octanol–water partition coefficient (Wildman–Crippen LogP) is 0.782. The van der Waals surface area contributed by atoms with Crippen molar-refractivity contribution in [2.75, 3.05) is 25.0 Å². The van der Waals surface area contributed by atoms with Crippen LogP contribution in [0.2, 0.25) is 0 Å². The molecule has 1 aliphatic heterocycles. The number of amides is 1. The molecule has 2 heterocycles. The smallest absolute Gasteiger partial charge is 0.265 e. The van der Waals surface area contributed by atoms with Gasteiger partial charge in [-0.1, -0.05) is 11.3 Å². The van der Waals surface area contributed by atoms with Gasteiger partial charge in [-0.2, -0.15) is 0 Å². The number of nitrogens with one attached hydrogen (secondary N) is 1. The number of thiazole rings is 1. The molecule has 88 valence electrons. The van der Waals surface area contributed by atoms with Gasteiger partial charge in [0.15, 0.2) is 5.13 Å². The molecule has 1 fully saturated rings. The van der Waals surface area contributed by atoms with E-state index in [9.17, 15) is 9.90 Å². The molecule has 0 unspecified atom stereocenters. The van der Waals surface area contributed by atoms with Crippen LogP contribution in [-0.4, -0.2) is 46.6 Å². The minimum atomic E-state index is -0.370. The number of rotatable bonds is 3. The summed E-state index contributed by atoms with van der Waals surface area (Å²) in [5.41, 5.74) is 0. The lowest BCUT2D eigenvalue weighted by Crippen LogP contribution is -2.28. The lowest BCUT2D eigenvalue weighted by Gasteiger charge is -2.13. The van der Waals surface area contributed by atoms with Crippen LogP contribution in [0.4, 0.5) is 5.13 Å². The maximum Gasteiger partial charge on any atom is 0.265 e. The van der Waals surface area contributed by atoms with Gasteiger partial charge in [0.1, 0.15) is 4.88 Å². The highest BCUT2D eigenvalue weighted by atomic mass is 32.1. The molecule has 0 spiro atoms. The molecule has 1 aliphatic rings. The highest BCUT2D eigenvalue weighted by Crippen LogP contribution is 2.21. The van der Waals surface area contributed by atoms with Gasteiger partial charge in [0.2, 0.25) is 0 Å². The monoisotopic (exact) mass is 241 g/mol. The number of nitrogens with zero attached hydrogens (tertiary/aromatic N) is 2. The Kier molecular flexibility index (Phi) is 3.40. The predicted molar refractivity (Wildman–Crippen MR) is 62.8 cm³/mol. The fraction of sp³-hybridized carbons (Fsp3) is 0.600. The fourth-order valence-electron chi connectivity index (χ4n) is 1.69. The van der Waals surface area contributed by atoms with Crippen molar-refractivity contribution in [3.63, 3.8) is 0 Å². The van der Waals surface area contributed by atoms with Gasteiger partial charge in [0.25, 0.3) is 5.91 Å². The summed E-state index contributed by atoms with van der Waals surface area (Å²) in [5.74, 6) is -0.0294. The Labute approximate surface area is 98.1 Å². The first-order chi connectivity index (χ1) is 7.70. The zero-order valence-corrected chi connectivity index (χ0v) is 9.96. The maximum atomic E-state index is 12.0. The zero-order chi connectivity index (χ0) is 11.5. The van der Waals surface area contributed by atoms with Crippen LogP contribution < -0.4 is 5.32 Å².